The van der Waals surface area contributed by atoms with Crippen LogP contribution in [0.25, 0.3) is 0 Å². The van der Waals surface area contributed by atoms with E-state index in [2.05, 4.69) is 10.6 Å². The van der Waals surface area contributed by atoms with E-state index < -0.39 is 11.8 Å². The minimum atomic E-state index is -0.939. The van der Waals surface area contributed by atoms with E-state index >= 15 is 0 Å². The van der Waals surface area contributed by atoms with Crippen LogP contribution in [0.3, 0.4) is 0 Å². The van der Waals surface area contributed by atoms with Crippen LogP contribution < -0.4 is 124 Å². The molecule has 0 aromatic heterocycles. The van der Waals surface area contributed by atoms with Crippen molar-refractivity contribution in [3.8, 4) is 0 Å². The molecule has 4 N–H and O–H groups in total. The topological polar surface area (TPSA) is 203 Å². The second-order valence-electron chi connectivity index (χ2n) is 9.68. The van der Waals surface area contributed by atoms with Crippen molar-refractivity contribution < 1.29 is 137 Å². The molecule has 11 nitrogen and oxygen atoms in total. The second kappa shape index (κ2) is 36.3. The molecule has 4 rings (SSSR count). The number of carbonyl (C=O) groups excluding carboxylic acids is 5. The fraction of sp³-hybridized carbons (Fsp3) is 0.205. The van der Waals surface area contributed by atoms with Crippen molar-refractivity contribution in [3.05, 3.63) is 143 Å². The molecule has 1 aliphatic heterocycles. The van der Waals surface area contributed by atoms with Gasteiger partial charge in [-0.3, -0.25) is 19.2 Å². The molecule has 15 heteroatoms. The average Bonchev–Trinajstić information content (AvgIpc) is 3.40. The van der Waals surface area contributed by atoms with Gasteiger partial charge >= 0.3 is 109 Å². The maximum atomic E-state index is 12.1. The smallest absolute Gasteiger partial charge is 0.859 e. The van der Waals surface area contributed by atoms with E-state index in [4.69, 9.17) is 34.0 Å². The molecule has 0 radical (unpaired) electrons. The molecule has 0 spiro atoms. The van der Waals surface area contributed by atoms with Crippen LogP contribution in [0, 0.1) is 10.8 Å². The summed E-state index contributed by atoms with van der Waals surface area (Å²) in [6.45, 7) is 1.29. The van der Waals surface area contributed by atoms with Crippen LogP contribution in [-0.2, 0) is 0 Å². The zero-order valence-electron chi connectivity index (χ0n) is 28.9. The van der Waals surface area contributed by atoms with Gasteiger partial charge in [-0.25, -0.2) is 4.79 Å². The van der Waals surface area contributed by atoms with Gasteiger partial charge in [0.25, 0.3) is 0 Å². The van der Waals surface area contributed by atoms with Crippen molar-refractivity contribution in [3.63, 3.8) is 0 Å². The standard InChI is InChI=1S/C20H16O4.C8H8N2O2.C5H8N2O.C4H6Cl2.2CH4.2K/c21-13-15-7-1-3-9-17(15)19(23)11-5-6-12-20(24)18-10-4-2-8-16(18)14-22;9-7(11)5-3-1-2-4-6(5)8(10)12;8-5-6-3-1-2-4-7-5;5-3-1-2-4-6;;;;/h1-10,13-14H,11-12H2;1-4H,(H2,9,11)(H2,10,12);1-2H,3-4H2,(H2,6,7,8);1-2H,3-4H2;2*1H4;;/q;;;;;;2*+1/p-2/b6-5-;;;2-1-;;;;. The van der Waals surface area contributed by atoms with Crippen LogP contribution in [0.4, 0.5) is 4.79 Å². The first-order valence-electron chi connectivity index (χ1n) is 14.9. The normalized spacial score (nSPS) is 10.7. The Morgan fingerprint density at radius 3 is 1.22 bits per heavy atom. The Bertz CT molecular complexity index is 1600. The number of allylic oxidation sites excluding steroid dienone is 4. The molecule has 0 unspecified atom stereocenters. The molecule has 1 aliphatic rings. The fourth-order valence-electron chi connectivity index (χ4n) is 3.85. The number of ketones is 2. The second-order valence-corrected chi connectivity index (χ2v) is 10.3. The summed E-state index contributed by atoms with van der Waals surface area (Å²) in [5, 5.41) is 40.0. The predicted molar refractivity (Wildman–Crippen MR) is 205 cm³/mol. The van der Waals surface area contributed by atoms with Gasteiger partial charge in [0, 0.05) is 59.9 Å². The largest absolute Gasteiger partial charge is 1.00 e. The van der Waals surface area contributed by atoms with Gasteiger partial charge in [-0.05, 0) is 22.9 Å². The first-order chi connectivity index (χ1) is 24.1. The number of hydrogen-bond acceptors (Lipinski definition) is 9. The summed E-state index contributed by atoms with van der Waals surface area (Å²) in [4.78, 5) is 56.5. The maximum Gasteiger partial charge on any atom is 1.00 e. The third-order valence-electron chi connectivity index (χ3n) is 6.24. The number of halogens is 2. The molecule has 278 valence electrons. The first-order valence-corrected chi connectivity index (χ1v) is 16.0. The van der Waals surface area contributed by atoms with Crippen LogP contribution in [0.1, 0.15) is 80.3 Å². The summed E-state index contributed by atoms with van der Waals surface area (Å²) in [7, 11) is 0. The monoisotopic (exact) mass is 828 g/mol. The summed E-state index contributed by atoms with van der Waals surface area (Å²) in [5.74, 6) is -1.12. The number of rotatable bonds is 12. The number of benzene rings is 3. The van der Waals surface area contributed by atoms with Gasteiger partial charge in [-0.15, -0.1) is 23.2 Å². The molecule has 1 heterocycles. The summed E-state index contributed by atoms with van der Waals surface area (Å²) in [6.07, 6.45) is 12.2. The molecule has 0 atom stereocenters. The number of nitrogens with one attached hydrogen (secondary N) is 4. The molecular formula is C39H44Cl2K2N4O7. The zero-order valence-corrected chi connectivity index (χ0v) is 36.7. The van der Waals surface area contributed by atoms with Gasteiger partial charge in [-0.1, -0.05) is 124 Å². The molecular weight excluding hydrogens is 786 g/mol. The zero-order chi connectivity index (χ0) is 37.1. The van der Waals surface area contributed by atoms with Crippen molar-refractivity contribution in [2.24, 2.45) is 0 Å². The van der Waals surface area contributed by atoms with Crippen molar-refractivity contribution in [2.75, 3.05) is 24.8 Å². The predicted octanol–water partition coefficient (Wildman–Crippen LogP) is -0.0727. The average molecular weight is 830 g/mol. The minimum absolute atomic E-state index is 0. The third-order valence-corrected chi connectivity index (χ3v) is 6.59. The number of amides is 2. The van der Waals surface area contributed by atoms with Gasteiger partial charge in [0.05, 0.1) is 0 Å². The number of carbonyl (C=O) groups is 5. The van der Waals surface area contributed by atoms with Crippen LogP contribution in [0.15, 0.2) is 109 Å². The van der Waals surface area contributed by atoms with E-state index in [1.807, 2.05) is 24.3 Å². The minimum Gasteiger partial charge on any atom is -0.859 e. The van der Waals surface area contributed by atoms with Crippen molar-refractivity contribution in [1.29, 1.82) is 10.8 Å². The van der Waals surface area contributed by atoms with E-state index in [1.165, 1.54) is 12.1 Å². The van der Waals surface area contributed by atoms with Gasteiger partial charge in [0.2, 0.25) is 0 Å². The third kappa shape index (κ3) is 24.2. The summed E-state index contributed by atoms with van der Waals surface area (Å²) in [6, 6.07) is 18.9. The van der Waals surface area contributed by atoms with Gasteiger partial charge in [0.15, 0.2) is 24.1 Å². The Morgan fingerprint density at radius 1 is 0.611 bits per heavy atom. The summed E-state index contributed by atoms with van der Waals surface area (Å²) < 4.78 is 0. The Labute approximate surface area is 412 Å². The molecule has 0 saturated heterocycles. The number of alkyl halides is 2. The van der Waals surface area contributed by atoms with Crippen LogP contribution in [0.2, 0.25) is 0 Å². The van der Waals surface area contributed by atoms with Crippen molar-refractivity contribution in [1.82, 2.24) is 10.6 Å². The Morgan fingerprint density at radius 2 is 0.926 bits per heavy atom. The van der Waals surface area contributed by atoms with E-state index in [0.717, 1.165) is 0 Å². The number of Topliss-reactive ketones (excluding diaryl/α,β-unsaturated/α-hetero) is 2. The molecule has 0 fully saturated rings. The SMILES string of the molecule is C.C.ClC/C=C\CCl.N=C([O-])c1ccccc1C(=N)[O-].O=C1NCC=CCN1.O=Cc1ccccc1C(=O)C/C=C\CC(=O)c1ccccc1C=O.[K+].[K+]. The quantitative estimate of drug-likeness (QED) is 0.0372. The molecule has 0 saturated carbocycles. The number of hydrogen-bond donors (Lipinski definition) is 4. The molecule has 2 amide bonds. The van der Waals surface area contributed by atoms with Gasteiger partial charge < -0.3 is 31.7 Å². The van der Waals surface area contributed by atoms with E-state index in [1.54, 1.807) is 72.8 Å². The van der Waals surface area contributed by atoms with Crippen molar-refractivity contribution in [2.45, 2.75) is 27.7 Å². The van der Waals surface area contributed by atoms with Gasteiger partial charge in [0.1, 0.15) is 0 Å². The molecule has 0 aliphatic carbocycles. The fourth-order valence-corrected chi connectivity index (χ4v) is 4.10. The Balaban J connectivity index is -0.000000349. The first kappa shape index (κ1) is 58.3. The van der Waals surface area contributed by atoms with Gasteiger partial charge in [-0.2, -0.15) is 0 Å². The van der Waals surface area contributed by atoms with Crippen molar-refractivity contribution >= 4 is 65.2 Å². The van der Waals surface area contributed by atoms with E-state index in [9.17, 15) is 34.2 Å². The van der Waals surface area contributed by atoms with Crippen LogP contribution in [0.5, 0.6) is 0 Å². The Kier molecular flexibility index (Phi) is 39.2. The molecule has 3 aromatic rings. The van der Waals surface area contributed by atoms with E-state index in [-0.39, 0.29) is 159 Å². The Hall–Kier alpha value is -2.38. The van der Waals surface area contributed by atoms with Crippen LogP contribution >= 0.6 is 23.2 Å². The number of urea groups is 1. The maximum absolute atomic E-state index is 12.1. The number of aldehydes is 2. The van der Waals surface area contributed by atoms with Crippen LogP contribution in [-0.4, -0.2) is 66.8 Å². The molecule has 3 aromatic carbocycles. The summed E-state index contributed by atoms with van der Waals surface area (Å²) >= 11 is 10.5. The molecule has 54 heavy (non-hydrogen) atoms. The van der Waals surface area contributed by atoms with E-state index in [0.29, 0.717) is 59.7 Å². The molecule has 0 bridgehead atoms. The summed E-state index contributed by atoms with van der Waals surface area (Å²) in [5.41, 5.74) is 1.42.